The number of carbonyl (C=O) groups is 1. The van der Waals surface area contributed by atoms with Crippen LogP contribution in [0.5, 0.6) is 0 Å². The number of rotatable bonds is 8. The van der Waals surface area contributed by atoms with Crippen LogP contribution in [0.2, 0.25) is 0 Å². The van der Waals surface area contributed by atoms with Gasteiger partial charge in [0.1, 0.15) is 11.9 Å². The maximum Gasteiger partial charge on any atom is 0.235 e. The smallest absolute Gasteiger partial charge is 0.235 e. The fourth-order valence-corrected chi connectivity index (χ4v) is 4.75. The summed E-state index contributed by atoms with van der Waals surface area (Å²) in [6, 6.07) is 12.8. The predicted molar refractivity (Wildman–Crippen MR) is 120 cm³/mol. The summed E-state index contributed by atoms with van der Waals surface area (Å²) in [4.78, 5) is 12.7. The molecule has 1 aliphatic rings. The van der Waals surface area contributed by atoms with E-state index in [1.165, 1.54) is 35.9 Å². The number of hydrogen-bond acceptors (Lipinski definition) is 7. The number of hydrogen-bond donors (Lipinski definition) is 2. The molecule has 2 N–H and O–H groups in total. The zero-order valence-electron chi connectivity index (χ0n) is 16.8. The van der Waals surface area contributed by atoms with Gasteiger partial charge in [-0.05, 0) is 37.8 Å². The van der Waals surface area contributed by atoms with Crippen molar-refractivity contribution in [2.24, 2.45) is 0 Å². The maximum atomic E-state index is 12.7. The van der Waals surface area contributed by atoms with Gasteiger partial charge in [0, 0.05) is 18.3 Å². The van der Waals surface area contributed by atoms with Gasteiger partial charge < -0.3 is 15.2 Å². The van der Waals surface area contributed by atoms with Crippen LogP contribution < -0.4 is 10.6 Å². The summed E-state index contributed by atoms with van der Waals surface area (Å²) in [6.45, 7) is 4.47. The van der Waals surface area contributed by atoms with E-state index in [0.29, 0.717) is 24.0 Å². The highest BCUT2D eigenvalue weighted by molar-refractivity contribution is 8.01. The van der Waals surface area contributed by atoms with Crippen molar-refractivity contribution in [3.63, 3.8) is 0 Å². The molecule has 1 amide bonds. The van der Waals surface area contributed by atoms with E-state index in [1.54, 1.807) is 0 Å². The molecule has 154 valence electrons. The van der Waals surface area contributed by atoms with Crippen LogP contribution in [0.1, 0.15) is 35.2 Å². The lowest BCUT2D eigenvalue weighted by Gasteiger charge is -2.13. The molecule has 0 radical (unpaired) electrons. The van der Waals surface area contributed by atoms with Crippen molar-refractivity contribution in [1.29, 1.82) is 5.26 Å². The van der Waals surface area contributed by atoms with Gasteiger partial charge in [0.15, 0.2) is 4.34 Å². The third-order valence-corrected chi connectivity index (χ3v) is 7.01. The highest BCUT2D eigenvalue weighted by Crippen LogP contribution is 2.31. The third-order valence-electron chi connectivity index (χ3n) is 5.02. The third kappa shape index (κ3) is 4.66. The summed E-state index contributed by atoms with van der Waals surface area (Å²) >= 11 is 2.81. The fraction of sp³-hybridized carbons (Fsp3) is 0.333. The Bertz CT molecular complexity index is 1090. The Hall–Kier alpha value is -2.83. The Morgan fingerprint density at radius 3 is 2.77 bits per heavy atom. The van der Waals surface area contributed by atoms with Crippen LogP contribution in [0.25, 0.3) is 0 Å². The topological polar surface area (TPSA) is 95.6 Å². The molecule has 1 fully saturated rings. The average Bonchev–Trinajstić information content (AvgIpc) is 3.40. The quantitative estimate of drug-likeness (QED) is 0.512. The van der Waals surface area contributed by atoms with E-state index in [-0.39, 0.29) is 11.7 Å². The Labute approximate surface area is 183 Å². The number of carbonyl (C=O) groups excluding carboxylic acids is 1. The van der Waals surface area contributed by atoms with Gasteiger partial charge in [0.05, 0.1) is 11.3 Å². The minimum Gasteiger partial charge on any atom is -0.357 e. The van der Waals surface area contributed by atoms with Gasteiger partial charge in [-0.25, -0.2) is 0 Å². The molecule has 1 aliphatic carbocycles. The second-order valence-corrected chi connectivity index (χ2v) is 9.45. The second kappa shape index (κ2) is 8.90. The number of nitrogens with zero attached hydrogens (tertiary/aromatic N) is 4. The molecule has 3 aromatic rings. The molecule has 4 rings (SSSR count). The van der Waals surface area contributed by atoms with E-state index in [4.69, 9.17) is 0 Å². The molecule has 0 spiro atoms. The molecule has 0 unspecified atom stereocenters. The molecule has 2 heterocycles. The van der Waals surface area contributed by atoms with Gasteiger partial charge in [0.25, 0.3) is 0 Å². The number of amides is 1. The number of anilines is 2. The lowest BCUT2D eigenvalue weighted by atomic mass is 10.2. The van der Waals surface area contributed by atoms with Crippen LogP contribution in [0.15, 0.2) is 34.7 Å². The molecule has 0 aliphatic heterocycles. The largest absolute Gasteiger partial charge is 0.357 e. The monoisotopic (exact) mass is 438 g/mol. The predicted octanol–water partition coefficient (Wildman–Crippen LogP) is 4.18. The minimum absolute atomic E-state index is 0.171. The van der Waals surface area contributed by atoms with Gasteiger partial charge in [-0.15, -0.1) is 10.2 Å². The molecule has 1 saturated carbocycles. The first-order chi connectivity index (χ1) is 14.5. The summed E-state index contributed by atoms with van der Waals surface area (Å²) in [7, 11) is 0. The molecule has 0 bridgehead atoms. The SMILES string of the molecule is Cc1c(C#N)c(NC(=O)CSc2nnc(NC3CC3)s2)n(Cc2ccccc2)c1C. The molecule has 0 saturated heterocycles. The van der Waals surface area contributed by atoms with E-state index in [1.807, 2.05) is 48.7 Å². The molecule has 2 aromatic heterocycles. The Balaban J connectivity index is 1.45. The van der Waals surface area contributed by atoms with Crippen LogP contribution in [0, 0.1) is 25.2 Å². The van der Waals surface area contributed by atoms with Crippen molar-refractivity contribution in [3.05, 3.63) is 52.7 Å². The van der Waals surface area contributed by atoms with E-state index in [0.717, 1.165) is 26.3 Å². The van der Waals surface area contributed by atoms with Crippen molar-refractivity contribution in [1.82, 2.24) is 14.8 Å². The molecule has 9 heteroatoms. The average molecular weight is 439 g/mol. The highest BCUT2D eigenvalue weighted by atomic mass is 32.2. The molecule has 1 aromatic carbocycles. The van der Waals surface area contributed by atoms with Crippen LogP contribution in [0.3, 0.4) is 0 Å². The number of benzene rings is 1. The summed E-state index contributed by atoms with van der Waals surface area (Å²) < 4.78 is 2.75. The first-order valence-corrected chi connectivity index (χ1v) is 11.5. The molecule has 0 atom stereocenters. The van der Waals surface area contributed by atoms with E-state index < -0.39 is 0 Å². The van der Waals surface area contributed by atoms with Crippen molar-refractivity contribution >= 4 is 40.0 Å². The lowest BCUT2D eigenvalue weighted by Crippen LogP contribution is -2.18. The Morgan fingerprint density at radius 1 is 1.30 bits per heavy atom. The van der Waals surface area contributed by atoms with Crippen molar-refractivity contribution in [3.8, 4) is 6.07 Å². The summed E-state index contributed by atoms with van der Waals surface area (Å²) in [5.41, 5.74) is 3.47. The Kier molecular flexibility index (Phi) is 6.06. The van der Waals surface area contributed by atoms with E-state index in [2.05, 4.69) is 26.9 Å². The standard InChI is InChI=1S/C21H22N6OS2/c1-13-14(2)27(11-15-6-4-3-5-7-15)19(17(13)10-22)24-18(28)12-29-21-26-25-20(30-21)23-16-8-9-16/h3-7,16H,8-9,11-12H2,1-2H3,(H,23,25)(H,24,28). The fourth-order valence-electron chi connectivity index (χ4n) is 3.12. The van der Waals surface area contributed by atoms with Gasteiger partial charge >= 0.3 is 0 Å². The molecule has 7 nitrogen and oxygen atoms in total. The number of nitriles is 1. The summed E-state index contributed by atoms with van der Waals surface area (Å²) in [5.74, 6) is 0.586. The lowest BCUT2D eigenvalue weighted by molar-refractivity contribution is -0.113. The van der Waals surface area contributed by atoms with Crippen molar-refractivity contribution in [2.75, 3.05) is 16.4 Å². The summed E-state index contributed by atoms with van der Waals surface area (Å²) in [5, 5.41) is 25.0. The second-order valence-electron chi connectivity index (χ2n) is 7.25. The van der Waals surface area contributed by atoms with Crippen LogP contribution in [-0.4, -0.2) is 32.5 Å². The minimum atomic E-state index is -0.171. The number of aromatic nitrogens is 3. The van der Waals surface area contributed by atoms with Gasteiger partial charge in [-0.1, -0.05) is 53.4 Å². The van der Waals surface area contributed by atoms with Crippen LogP contribution >= 0.6 is 23.1 Å². The van der Waals surface area contributed by atoms with Crippen molar-refractivity contribution < 1.29 is 4.79 Å². The molecular formula is C21H22N6OS2. The number of thioether (sulfide) groups is 1. The normalized spacial score (nSPS) is 13.1. The van der Waals surface area contributed by atoms with Gasteiger partial charge in [0.2, 0.25) is 11.0 Å². The molecular weight excluding hydrogens is 416 g/mol. The Morgan fingerprint density at radius 2 is 2.07 bits per heavy atom. The number of nitrogens with one attached hydrogen (secondary N) is 2. The van der Waals surface area contributed by atoms with Crippen LogP contribution in [0.4, 0.5) is 10.9 Å². The van der Waals surface area contributed by atoms with E-state index >= 15 is 0 Å². The van der Waals surface area contributed by atoms with Crippen LogP contribution in [-0.2, 0) is 11.3 Å². The first kappa shape index (κ1) is 20.4. The van der Waals surface area contributed by atoms with E-state index in [9.17, 15) is 10.1 Å². The van der Waals surface area contributed by atoms with Gasteiger partial charge in [-0.2, -0.15) is 5.26 Å². The van der Waals surface area contributed by atoms with Crippen molar-refractivity contribution in [2.45, 2.75) is 43.6 Å². The summed E-state index contributed by atoms with van der Waals surface area (Å²) in [6.07, 6.45) is 2.35. The first-order valence-electron chi connectivity index (χ1n) is 9.71. The zero-order chi connectivity index (χ0) is 21.1. The van der Waals surface area contributed by atoms with Gasteiger partial charge in [-0.3, -0.25) is 4.79 Å². The molecule has 30 heavy (non-hydrogen) atoms. The zero-order valence-corrected chi connectivity index (χ0v) is 18.4. The highest BCUT2D eigenvalue weighted by Gasteiger charge is 2.23. The maximum absolute atomic E-state index is 12.7.